The van der Waals surface area contributed by atoms with Gasteiger partial charge in [-0.2, -0.15) is 21.6 Å². The zero-order valence-corrected chi connectivity index (χ0v) is 10.2. The average Bonchev–Trinajstić information content (AvgIpc) is 2.00. The second-order valence-corrected chi connectivity index (χ2v) is 4.09. The quantitative estimate of drug-likeness (QED) is 0.385. The Kier molecular flexibility index (Phi) is 13.0. The lowest BCUT2D eigenvalue weighted by molar-refractivity contribution is -0.0510. The average molecular weight is 289 g/mol. The molecule has 0 amide bonds. The Morgan fingerprint density at radius 1 is 1.12 bits per heavy atom. The Balaban J connectivity index is -0.000000179. The van der Waals surface area contributed by atoms with Gasteiger partial charge in [0.1, 0.15) is 0 Å². The van der Waals surface area contributed by atoms with Gasteiger partial charge in [-0.3, -0.25) is 4.55 Å². The Labute approximate surface area is 91.8 Å². The van der Waals surface area contributed by atoms with Gasteiger partial charge in [0.15, 0.2) is 0 Å². The largest absolute Gasteiger partial charge is 0.692 e. The molecule has 16 heavy (non-hydrogen) atoms. The molecule has 100 valence electrons. The molecule has 0 unspecified atom stereocenters. The highest BCUT2D eigenvalue weighted by Crippen LogP contribution is 2.20. The molecular weight excluding hydrogens is 276 g/mol. The molecule has 0 rings (SSSR count). The van der Waals surface area contributed by atoms with Gasteiger partial charge in [-0.1, -0.05) is 26.7 Å². The SMILES string of the molecule is CCCC.O=S(=O)(O)C(F)(F)F.O=[P+](O)O. The Morgan fingerprint density at radius 3 is 1.25 bits per heavy atom. The predicted molar refractivity (Wildman–Crippen MR) is 50.2 cm³/mol. The van der Waals surface area contributed by atoms with Gasteiger partial charge in [-0.25, -0.2) is 0 Å². The normalized spacial score (nSPS) is 10.5. The van der Waals surface area contributed by atoms with Gasteiger partial charge in [0.25, 0.3) is 0 Å². The first-order valence-electron chi connectivity index (χ1n) is 3.78. The minimum absolute atomic E-state index is 1.32. The van der Waals surface area contributed by atoms with Crippen LogP contribution in [0.1, 0.15) is 26.7 Å². The molecule has 0 aromatic heterocycles. The highest BCUT2D eigenvalue weighted by molar-refractivity contribution is 7.86. The molecular formula is C5H13F3O6PS+. The predicted octanol–water partition coefficient (Wildman–Crippen LogP) is 1.83. The molecule has 0 aliphatic rings. The van der Waals surface area contributed by atoms with Crippen LogP contribution in [0.3, 0.4) is 0 Å². The molecule has 11 heteroatoms. The molecule has 0 fully saturated rings. The van der Waals surface area contributed by atoms with Gasteiger partial charge in [0.2, 0.25) is 0 Å². The maximum Gasteiger partial charge on any atom is 0.692 e. The van der Waals surface area contributed by atoms with E-state index in [1.165, 1.54) is 12.8 Å². The summed E-state index contributed by atoms with van der Waals surface area (Å²) in [5.74, 6) is 0. The Morgan fingerprint density at radius 2 is 1.25 bits per heavy atom. The van der Waals surface area contributed by atoms with Crippen molar-refractivity contribution in [2.24, 2.45) is 0 Å². The Hall–Kier alpha value is -0.280. The van der Waals surface area contributed by atoms with E-state index in [-0.39, 0.29) is 0 Å². The van der Waals surface area contributed by atoms with Crippen LogP contribution in [0.25, 0.3) is 0 Å². The third-order valence-corrected chi connectivity index (χ3v) is 1.38. The van der Waals surface area contributed by atoms with Crippen LogP contribution in [0, 0.1) is 0 Å². The van der Waals surface area contributed by atoms with Crippen molar-refractivity contribution >= 4 is 18.4 Å². The number of unbranched alkanes of at least 4 members (excludes halogenated alkanes) is 1. The fraction of sp³-hybridized carbons (Fsp3) is 1.00. The first-order valence-corrected chi connectivity index (χ1v) is 6.39. The first kappa shape index (κ1) is 21.1. The zero-order chi connectivity index (χ0) is 14.0. The molecule has 0 radical (unpaired) electrons. The highest BCUT2D eigenvalue weighted by Gasteiger charge is 2.44. The highest BCUT2D eigenvalue weighted by atomic mass is 32.2. The maximum absolute atomic E-state index is 10.7. The summed E-state index contributed by atoms with van der Waals surface area (Å²) in [4.78, 5) is 14.2. The number of hydrogen-bond donors (Lipinski definition) is 3. The van der Waals surface area contributed by atoms with Crippen LogP contribution >= 0.6 is 8.25 Å². The van der Waals surface area contributed by atoms with Gasteiger partial charge in [-0.05, 0) is 0 Å². The Bertz CT molecular complexity index is 268. The van der Waals surface area contributed by atoms with E-state index in [9.17, 15) is 13.2 Å². The second-order valence-electron chi connectivity index (χ2n) is 2.17. The maximum atomic E-state index is 10.7. The lowest BCUT2D eigenvalue weighted by Gasteiger charge is -1.97. The van der Waals surface area contributed by atoms with E-state index >= 15 is 0 Å². The molecule has 0 aromatic carbocycles. The van der Waals surface area contributed by atoms with Crippen molar-refractivity contribution in [3.63, 3.8) is 0 Å². The molecule has 0 aliphatic carbocycles. The number of rotatable bonds is 1. The van der Waals surface area contributed by atoms with Crippen molar-refractivity contribution in [1.29, 1.82) is 0 Å². The minimum Gasteiger partial charge on any atom is -0.279 e. The van der Waals surface area contributed by atoms with Crippen molar-refractivity contribution in [1.82, 2.24) is 0 Å². The second kappa shape index (κ2) is 9.91. The molecule has 0 saturated carbocycles. The van der Waals surface area contributed by atoms with Crippen LogP contribution in [0.15, 0.2) is 0 Å². The van der Waals surface area contributed by atoms with Crippen molar-refractivity contribution in [2.75, 3.05) is 0 Å². The van der Waals surface area contributed by atoms with E-state index < -0.39 is 23.9 Å². The summed E-state index contributed by atoms with van der Waals surface area (Å²) in [5.41, 5.74) is -5.53. The van der Waals surface area contributed by atoms with Crippen LogP contribution in [0.2, 0.25) is 0 Å². The topological polar surface area (TPSA) is 112 Å². The van der Waals surface area contributed by atoms with Crippen molar-refractivity contribution in [3.8, 4) is 0 Å². The molecule has 0 bridgehead atoms. The molecule has 0 aliphatic heterocycles. The molecule has 0 spiro atoms. The summed E-state index contributed by atoms with van der Waals surface area (Å²) >= 11 is 0. The van der Waals surface area contributed by atoms with Gasteiger partial charge in [0, 0.05) is 4.57 Å². The smallest absolute Gasteiger partial charge is 0.279 e. The summed E-state index contributed by atoms with van der Waals surface area (Å²) in [6, 6.07) is 0. The van der Waals surface area contributed by atoms with Crippen molar-refractivity contribution < 1.29 is 40.5 Å². The van der Waals surface area contributed by atoms with E-state index in [1.54, 1.807) is 0 Å². The summed E-state index contributed by atoms with van der Waals surface area (Å²) in [6.07, 6.45) is 2.64. The van der Waals surface area contributed by atoms with Crippen LogP contribution in [0.5, 0.6) is 0 Å². The van der Waals surface area contributed by atoms with Crippen molar-refractivity contribution in [3.05, 3.63) is 0 Å². The number of halogens is 3. The molecule has 0 atom stereocenters. The monoisotopic (exact) mass is 289 g/mol. The van der Waals surface area contributed by atoms with Gasteiger partial charge in [0.05, 0.1) is 0 Å². The lowest BCUT2D eigenvalue weighted by Crippen LogP contribution is -2.21. The van der Waals surface area contributed by atoms with Crippen LogP contribution in [-0.4, -0.2) is 28.3 Å². The summed E-state index contributed by atoms with van der Waals surface area (Å²) < 4.78 is 66.2. The first-order chi connectivity index (χ1) is 6.90. The van der Waals surface area contributed by atoms with Gasteiger partial charge < -0.3 is 0 Å². The van der Waals surface area contributed by atoms with Gasteiger partial charge in [-0.15, -0.1) is 9.79 Å². The minimum atomic E-state index is -5.84. The standard InChI is InChI=1S/C4H10.CHF3O3S.HO3P/c1-3-4-2;2-1(3,4)8(5,6)7;1-4(2)3/h3-4H2,1-2H3;(H,5,6,7);(H-,1,2,3)/p+1. The van der Waals surface area contributed by atoms with Gasteiger partial charge >= 0.3 is 23.9 Å². The zero-order valence-electron chi connectivity index (χ0n) is 8.47. The fourth-order valence-corrected chi connectivity index (χ4v) is 0. The van der Waals surface area contributed by atoms with Crippen LogP contribution in [-0.2, 0) is 14.7 Å². The third kappa shape index (κ3) is 23.5. The van der Waals surface area contributed by atoms with E-state index in [2.05, 4.69) is 13.8 Å². The molecule has 0 saturated heterocycles. The molecule has 0 aromatic rings. The van der Waals surface area contributed by atoms with E-state index in [1.807, 2.05) is 0 Å². The van der Waals surface area contributed by atoms with Crippen LogP contribution < -0.4 is 0 Å². The summed E-state index contributed by atoms with van der Waals surface area (Å²) in [6.45, 7) is 4.36. The lowest BCUT2D eigenvalue weighted by atomic mass is 10.4. The van der Waals surface area contributed by atoms with E-state index in [0.29, 0.717) is 0 Å². The van der Waals surface area contributed by atoms with E-state index in [0.717, 1.165) is 0 Å². The third-order valence-electron chi connectivity index (χ3n) is 0.792. The number of hydrogen-bond acceptors (Lipinski definition) is 3. The van der Waals surface area contributed by atoms with Crippen LogP contribution in [0.4, 0.5) is 13.2 Å². The molecule has 3 N–H and O–H groups in total. The van der Waals surface area contributed by atoms with E-state index in [4.69, 9.17) is 27.3 Å². The summed E-state index contributed by atoms with van der Waals surface area (Å²) in [7, 11) is -8.71. The fourth-order valence-electron chi connectivity index (χ4n) is 0. The van der Waals surface area contributed by atoms with Crippen molar-refractivity contribution in [2.45, 2.75) is 32.2 Å². The molecule has 6 nitrogen and oxygen atoms in total. The molecule has 0 heterocycles. The number of alkyl halides is 3. The summed E-state index contributed by atoms with van der Waals surface area (Å²) in [5, 5.41) is 0.